The van der Waals surface area contributed by atoms with Gasteiger partial charge < -0.3 is 35.8 Å². The van der Waals surface area contributed by atoms with Gasteiger partial charge >= 0.3 is 6.09 Å². The number of carbonyl (C=O) groups is 7. The van der Waals surface area contributed by atoms with E-state index in [1.807, 2.05) is 13.8 Å². The van der Waals surface area contributed by atoms with Crippen molar-refractivity contribution in [3.05, 3.63) is 35.9 Å². The Hall–Kier alpha value is -4.63. The fourth-order valence-corrected chi connectivity index (χ4v) is 8.19. The fourth-order valence-electron chi connectivity index (χ4n) is 8.19. The van der Waals surface area contributed by atoms with Gasteiger partial charge in [-0.1, -0.05) is 57.0 Å². The van der Waals surface area contributed by atoms with Gasteiger partial charge in [0.1, 0.15) is 23.7 Å². The molecule has 2 unspecified atom stereocenters. The first-order chi connectivity index (χ1) is 26.1. The summed E-state index contributed by atoms with van der Waals surface area (Å²) in [5.41, 5.74) is -0.693. The van der Waals surface area contributed by atoms with Gasteiger partial charge in [0.2, 0.25) is 35.3 Å². The number of benzene rings is 1. The number of halogens is 2. The number of ketones is 1. The lowest BCUT2D eigenvalue weighted by Gasteiger charge is -2.38. The van der Waals surface area contributed by atoms with Gasteiger partial charge in [-0.2, -0.15) is 0 Å². The van der Waals surface area contributed by atoms with E-state index in [1.165, 1.54) is 9.80 Å². The Balaban J connectivity index is 1.29. The van der Waals surface area contributed by atoms with Crippen molar-refractivity contribution in [2.75, 3.05) is 27.2 Å². The summed E-state index contributed by atoms with van der Waals surface area (Å²) < 4.78 is 33.8. The minimum Gasteiger partial charge on any atom is -0.444 e. The molecule has 0 bridgehead atoms. The van der Waals surface area contributed by atoms with E-state index < -0.39 is 102 Å². The molecule has 4 fully saturated rings. The number of nitrogens with one attached hydrogen (secondary N) is 4. The molecule has 6 amide bonds. The normalized spacial score (nSPS) is 24.0. The van der Waals surface area contributed by atoms with Crippen molar-refractivity contribution in [1.82, 2.24) is 31.1 Å². The first-order valence-electron chi connectivity index (χ1n) is 19.5. The number of fused-ring (bicyclic) bond motifs is 1. The molecule has 56 heavy (non-hydrogen) atoms. The molecule has 16 heteroatoms. The highest BCUT2D eigenvalue weighted by molar-refractivity contribution is 6.38. The Kier molecular flexibility index (Phi) is 12.5. The topological polar surface area (TPSA) is 183 Å². The number of likely N-dealkylation sites (tertiary alicyclic amines) is 1. The van der Waals surface area contributed by atoms with Gasteiger partial charge in [-0.15, -0.1) is 0 Å². The number of nitrogens with zero attached hydrogens (tertiary/aromatic N) is 2. The SMILES string of the molecule is CN(C)C(=O)[C@@H](NC(=O)CNC(=O)C(=O)C(CC1CC1)NC(=O)[C@@H]1[C@@H]2C(CN1C(=O)[C@@H](NC(=O)OC(C)(C)C)C1CCC(F)(F)CC1)C2(C)C)c1ccccc1. The van der Waals surface area contributed by atoms with Crippen molar-refractivity contribution >= 4 is 41.4 Å². The maximum Gasteiger partial charge on any atom is 0.408 e. The van der Waals surface area contributed by atoms with Crippen LogP contribution in [0.25, 0.3) is 0 Å². The molecular weight excluding hydrogens is 730 g/mol. The van der Waals surface area contributed by atoms with Gasteiger partial charge in [0.15, 0.2) is 0 Å². The Morgan fingerprint density at radius 2 is 1.55 bits per heavy atom. The molecule has 3 saturated carbocycles. The highest BCUT2D eigenvalue weighted by atomic mass is 19.3. The van der Waals surface area contributed by atoms with E-state index in [4.69, 9.17) is 4.74 Å². The first kappa shape index (κ1) is 42.5. The Morgan fingerprint density at radius 1 is 0.929 bits per heavy atom. The zero-order valence-electron chi connectivity index (χ0n) is 33.3. The van der Waals surface area contributed by atoms with Gasteiger partial charge in [0, 0.05) is 33.5 Å². The summed E-state index contributed by atoms with van der Waals surface area (Å²) in [6, 6.07) is 4.00. The average molecular weight is 787 g/mol. The van der Waals surface area contributed by atoms with Gasteiger partial charge in [-0.3, -0.25) is 28.8 Å². The number of alkyl carbamates (subject to hydrolysis) is 1. The third kappa shape index (κ3) is 10.2. The lowest BCUT2D eigenvalue weighted by Crippen LogP contribution is -2.60. The van der Waals surface area contributed by atoms with Crippen LogP contribution in [-0.4, -0.2) is 108 Å². The molecule has 0 aromatic heterocycles. The summed E-state index contributed by atoms with van der Waals surface area (Å²) in [5, 5.41) is 10.3. The lowest BCUT2D eigenvalue weighted by molar-refractivity contribution is -0.145. The van der Waals surface area contributed by atoms with Gasteiger partial charge in [-0.05, 0) is 74.7 Å². The molecule has 5 rings (SSSR count). The highest BCUT2D eigenvalue weighted by Crippen LogP contribution is 2.65. The van der Waals surface area contributed by atoms with Crippen molar-refractivity contribution in [3.63, 3.8) is 0 Å². The third-order valence-electron chi connectivity index (χ3n) is 11.6. The van der Waals surface area contributed by atoms with Gasteiger partial charge in [0.05, 0.1) is 12.6 Å². The highest BCUT2D eigenvalue weighted by Gasteiger charge is 2.70. The van der Waals surface area contributed by atoms with Crippen LogP contribution >= 0.6 is 0 Å². The second-order valence-electron chi connectivity index (χ2n) is 17.6. The van der Waals surface area contributed by atoms with Crippen molar-refractivity contribution < 1.29 is 47.1 Å². The number of ether oxygens (including phenoxy) is 1. The van der Waals surface area contributed by atoms with Crippen LogP contribution in [0, 0.1) is 29.1 Å². The number of likely N-dealkylation sites (N-methyl/N-ethyl adjacent to an activating group) is 1. The molecule has 1 aliphatic heterocycles. The third-order valence-corrected chi connectivity index (χ3v) is 11.6. The minimum absolute atomic E-state index is 0.0216. The summed E-state index contributed by atoms with van der Waals surface area (Å²) in [6.45, 7) is 8.50. The molecule has 1 saturated heterocycles. The molecule has 4 aliphatic rings. The standard InChI is InChI=1S/C40H56F2N6O8/c1-38(2,3)56-37(55)46-30(24-15-17-40(41,42)18-16-24)36(54)48-21-25-28(39(25,4)5)31(48)33(51)44-26(19-22-13-14-22)32(50)34(52)43-20-27(49)45-29(35(53)47(6)7)23-11-9-8-10-12-23/h8-12,22,24-26,28-31H,13-21H2,1-7H3,(H,43,52)(H,44,51)(H,45,49)(H,46,55)/t25?,26?,28-,29-,30-,31-/m0/s1. The van der Waals surface area contributed by atoms with Crippen molar-refractivity contribution in [3.8, 4) is 0 Å². The van der Waals surface area contributed by atoms with Gasteiger partial charge in [-0.25, -0.2) is 13.6 Å². The second kappa shape index (κ2) is 16.5. The van der Waals surface area contributed by atoms with Crippen LogP contribution in [-0.2, 0) is 33.5 Å². The number of piperidine rings is 1. The molecule has 3 aliphatic carbocycles. The molecule has 1 aromatic rings. The predicted octanol–water partition coefficient (Wildman–Crippen LogP) is 3.10. The molecule has 0 radical (unpaired) electrons. The number of rotatable bonds is 14. The van der Waals surface area contributed by atoms with E-state index in [2.05, 4.69) is 21.3 Å². The van der Waals surface area contributed by atoms with Crippen molar-refractivity contribution in [1.29, 1.82) is 0 Å². The van der Waals surface area contributed by atoms with Crippen molar-refractivity contribution in [2.45, 2.75) is 115 Å². The number of Topliss-reactive ketones (excluding diaryl/α,β-unsaturated/α-hetero) is 1. The number of hydrogen-bond acceptors (Lipinski definition) is 8. The van der Waals surface area contributed by atoms with Crippen LogP contribution in [0.3, 0.4) is 0 Å². The van der Waals surface area contributed by atoms with E-state index >= 15 is 0 Å². The number of carbonyl (C=O) groups excluding carboxylic acids is 7. The molecule has 1 aromatic carbocycles. The van der Waals surface area contributed by atoms with Crippen LogP contribution in [0.4, 0.5) is 13.6 Å². The predicted molar refractivity (Wildman–Crippen MR) is 200 cm³/mol. The zero-order valence-corrected chi connectivity index (χ0v) is 33.3. The van der Waals surface area contributed by atoms with Gasteiger partial charge in [0.25, 0.3) is 5.91 Å². The number of amides is 6. The molecule has 14 nitrogen and oxygen atoms in total. The summed E-state index contributed by atoms with van der Waals surface area (Å²) in [7, 11) is 3.09. The average Bonchev–Trinajstić information content (AvgIpc) is 3.98. The Morgan fingerprint density at radius 3 is 2.12 bits per heavy atom. The summed E-state index contributed by atoms with van der Waals surface area (Å²) in [6.07, 6.45) is -0.0447. The van der Waals surface area contributed by atoms with Crippen LogP contribution in [0.2, 0.25) is 0 Å². The quantitative estimate of drug-likeness (QED) is 0.208. The molecule has 1 heterocycles. The molecule has 0 spiro atoms. The zero-order chi connectivity index (χ0) is 41.3. The maximum atomic E-state index is 14.4. The largest absolute Gasteiger partial charge is 0.444 e. The van der Waals surface area contributed by atoms with E-state index in [-0.39, 0.29) is 49.0 Å². The Bertz CT molecular complexity index is 1680. The number of alkyl halides is 2. The number of hydrogen-bond donors (Lipinski definition) is 4. The smallest absolute Gasteiger partial charge is 0.408 e. The summed E-state index contributed by atoms with van der Waals surface area (Å²) in [5.74, 6) is -8.18. The van der Waals surface area contributed by atoms with Crippen LogP contribution in [0.1, 0.15) is 91.2 Å². The molecular formula is C40H56F2N6O8. The molecule has 6 atom stereocenters. The second-order valence-corrected chi connectivity index (χ2v) is 17.6. The fraction of sp³-hybridized carbons (Fsp3) is 0.675. The van der Waals surface area contributed by atoms with Crippen LogP contribution < -0.4 is 21.3 Å². The van der Waals surface area contributed by atoms with E-state index in [0.29, 0.717) is 5.56 Å². The summed E-state index contributed by atoms with van der Waals surface area (Å²) in [4.78, 5) is 97.0. The first-order valence-corrected chi connectivity index (χ1v) is 19.5. The van der Waals surface area contributed by atoms with Crippen LogP contribution in [0.5, 0.6) is 0 Å². The van der Waals surface area contributed by atoms with Crippen LogP contribution in [0.15, 0.2) is 30.3 Å². The Labute approximate surface area is 326 Å². The van der Waals surface area contributed by atoms with E-state index in [9.17, 15) is 42.3 Å². The van der Waals surface area contributed by atoms with E-state index in [1.54, 1.807) is 65.2 Å². The minimum atomic E-state index is -2.88. The van der Waals surface area contributed by atoms with Crippen molar-refractivity contribution in [2.24, 2.45) is 29.1 Å². The summed E-state index contributed by atoms with van der Waals surface area (Å²) >= 11 is 0. The monoisotopic (exact) mass is 786 g/mol. The van der Waals surface area contributed by atoms with E-state index in [0.717, 1.165) is 12.8 Å². The molecule has 308 valence electrons. The maximum absolute atomic E-state index is 14.4. The lowest BCUT2D eigenvalue weighted by atomic mass is 9.81. The molecule has 4 N–H and O–H groups in total.